The molecule has 0 fully saturated rings. The molecule has 8 heteroatoms. The Bertz CT molecular complexity index is 594. The lowest BCUT2D eigenvalue weighted by Crippen LogP contribution is -2.40. The summed E-state index contributed by atoms with van der Waals surface area (Å²) in [6.45, 7) is 6.88. The van der Waals surface area contributed by atoms with Crippen molar-refractivity contribution in [3.8, 4) is 0 Å². The van der Waals surface area contributed by atoms with E-state index in [0.29, 0.717) is 12.5 Å². The first kappa shape index (κ1) is 24.0. The SMILES string of the molecule is CCN(CCCNC(=NC)NCCS(=O)(=O)CC)c1ccccc1.I. The Morgan fingerprint density at radius 2 is 1.76 bits per heavy atom. The third kappa shape index (κ3) is 9.88. The van der Waals surface area contributed by atoms with Gasteiger partial charge in [0, 0.05) is 44.7 Å². The molecule has 144 valence electrons. The number of rotatable bonds is 10. The average molecular weight is 482 g/mol. The van der Waals surface area contributed by atoms with E-state index in [4.69, 9.17) is 0 Å². The summed E-state index contributed by atoms with van der Waals surface area (Å²) in [6.07, 6.45) is 0.969. The predicted molar refractivity (Wildman–Crippen MR) is 118 cm³/mol. The summed E-state index contributed by atoms with van der Waals surface area (Å²) in [7, 11) is -1.26. The fourth-order valence-corrected chi connectivity index (χ4v) is 2.98. The maximum Gasteiger partial charge on any atom is 0.191 e. The van der Waals surface area contributed by atoms with Gasteiger partial charge >= 0.3 is 0 Å². The Kier molecular flexibility index (Phi) is 12.7. The number of benzene rings is 1. The highest BCUT2D eigenvalue weighted by Gasteiger charge is 2.07. The van der Waals surface area contributed by atoms with E-state index in [-0.39, 0.29) is 35.5 Å². The van der Waals surface area contributed by atoms with E-state index in [9.17, 15) is 8.42 Å². The summed E-state index contributed by atoms with van der Waals surface area (Å²) in [5.74, 6) is 0.943. The fourth-order valence-electron chi connectivity index (χ4n) is 2.28. The van der Waals surface area contributed by atoms with Crippen molar-refractivity contribution in [3.05, 3.63) is 30.3 Å². The number of guanidine groups is 1. The van der Waals surface area contributed by atoms with Gasteiger partial charge in [-0.1, -0.05) is 25.1 Å². The van der Waals surface area contributed by atoms with E-state index in [0.717, 1.165) is 26.1 Å². The van der Waals surface area contributed by atoms with E-state index >= 15 is 0 Å². The topological polar surface area (TPSA) is 73.8 Å². The molecule has 0 unspecified atom stereocenters. The van der Waals surface area contributed by atoms with Gasteiger partial charge in [-0.2, -0.15) is 0 Å². The highest BCUT2D eigenvalue weighted by atomic mass is 127. The highest BCUT2D eigenvalue weighted by molar-refractivity contribution is 14.0. The van der Waals surface area contributed by atoms with E-state index in [1.807, 2.05) is 18.2 Å². The molecule has 0 radical (unpaired) electrons. The van der Waals surface area contributed by atoms with Crippen LogP contribution in [0.1, 0.15) is 20.3 Å². The Balaban J connectivity index is 0.00000576. The highest BCUT2D eigenvalue weighted by Crippen LogP contribution is 2.12. The van der Waals surface area contributed by atoms with Crippen LogP contribution in [0.4, 0.5) is 5.69 Å². The number of hydrogen-bond acceptors (Lipinski definition) is 4. The first-order chi connectivity index (χ1) is 11.5. The zero-order valence-electron chi connectivity index (χ0n) is 15.4. The van der Waals surface area contributed by atoms with Crippen molar-refractivity contribution in [3.63, 3.8) is 0 Å². The van der Waals surface area contributed by atoms with Gasteiger partial charge in [0.25, 0.3) is 0 Å². The molecule has 0 aromatic heterocycles. The maximum atomic E-state index is 11.5. The molecule has 6 nitrogen and oxygen atoms in total. The first-order valence-electron chi connectivity index (χ1n) is 8.47. The molecule has 0 heterocycles. The quantitative estimate of drug-likeness (QED) is 0.231. The first-order valence-corrected chi connectivity index (χ1v) is 10.3. The Morgan fingerprint density at radius 1 is 1.12 bits per heavy atom. The second-order valence-electron chi connectivity index (χ2n) is 5.43. The molecule has 2 N–H and O–H groups in total. The number of anilines is 1. The lowest BCUT2D eigenvalue weighted by molar-refractivity contribution is 0.595. The monoisotopic (exact) mass is 482 g/mol. The molecule has 0 saturated heterocycles. The summed E-state index contributed by atoms with van der Waals surface area (Å²) >= 11 is 0. The van der Waals surface area contributed by atoms with Crippen LogP contribution >= 0.6 is 24.0 Å². The normalized spacial score (nSPS) is 11.6. The Hall–Kier alpha value is -1.03. The molecule has 0 atom stereocenters. The minimum Gasteiger partial charge on any atom is -0.372 e. The number of hydrogen-bond donors (Lipinski definition) is 2. The number of nitrogens with zero attached hydrogens (tertiary/aromatic N) is 2. The van der Waals surface area contributed by atoms with Gasteiger partial charge in [-0.15, -0.1) is 24.0 Å². The summed E-state index contributed by atoms with van der Waals surface area (Å²) in [5, 5.41) is 6.26. The lowest BCUT2D eigenvalue weighted by atomic mass is 10.2. The van der Waals surface area contributed by atoms with Crippen LogP contribution < -0.4 is 15.5 Å². The summed E-state index contributed by atoms with van der Waals surface area (Å²) in [4.78, 5) is 6.44. The number of nitrogens with one attached hydrogen (secondary N) is 2. The minimum atomic E-state index is -2.95. The molecule has 0 aliphatic carbocycles. The smallest absolute Gasteiger partial charge is 0.191 e. The Morgan fingerprint density at radius 3 is 2.32 bits per heavy atom. The van der Waals surface area contributed by atoms with Crippen molar-refractivity contribution in [1.82, 2.24) is 10.6 Å². The van der Waals surface area contributed by atoms with Crippen LogP contribution in [0.25, 0.3) is 0 Å². The van der Waals surface area contributed by atoms with E-state index in [1.165, 1.54) is 5.69 Å². The number of halogens is 1. The zero-order valence-corrected chi connectivity index (χ0v) is 18.5. The zero-order chi connectivity index (χ0) is 17.8. The fraction of sp³-hybridized carbons (Fsp3) is 0.588. The van der Waals surface area contributed by atoms with Crippen molar-refractivity contribution < 1.29 is 8.42 Å². The van der Waals surface area contributed by atoms with Crippen LogP contribution in [0.2, 0.25) is 0 Å². The molecule has 1 rings (SSSR count). The van der Waals surface area contributed by atoms with Crippen molar-refractivity contribution in [1.29, 1.82) is 0 Å². The van der Waals surface area contributed by atoms with Crippen LogP contribution in [-0.4, -0.2) is 59.1 Å². The van der Waals surface area contributed by atoms with Crippen LogP contribution in [-0.2, 0) is 9.84 Å². The average Bonchev–Trinajstić information content (AvgIpc) is 2.61. The summed E-state index contributed by atoms with van der Waals surface area (Å²) in [6, 6.07) is 10.4. The third-order valence-electron chi connectivity index (χ3n) is 3.77. The van der Waals surface area contributed by atoms with Gasteiger partial charge < -0.3 is 15.5 Å². The number of sulfone groups is 1. The maximum absolute atomic E-state index is 11.5. The molecule has 0 spiro atoms. The largest absolute Gasteiger partial charge is 0.372 e. The van der Waals surface area contributed by atoms with Crippen LogP contribution in [0.5, 0.6) is 0 Å². The molecular formula is C17H31IN4O2S. The van der Waals surface area contributed by atoms with Crippen molar-refractivity contribution in [2.24, 2.45) is 4.99 Å². The van der Waals surface area contributed by atoms with Gasteiger partial charge in [0.15, 0.2) is 15.8 Å². The Labute approximate surface area is 169 Å². The van der Waals surface area contributed by atoms with E-state index in [1.54, 1.807) is 14.0 Å². The summed E-state index contributed by atoms with van der Waals surface area (Å²) in [5.41, 5.74) is 1.23. The third-order valence-corrected chi connectivity index (χ3v) is 5.48. The molecule has 0 aliphatic rings. The molecule has 0 aliphatic heterocycles. The molecule has 0 bridgehead atoms. The van der Waals surface area contributed by atoms with Crippen LogP contribution in [0.3, 0.4) is 0 Å². The van der Waals surface area contributed by atoms with Crippen molar-refractivity contribution >= 4 is 45.5 Å². The van der Waals surface area contributed by atoms with Gasteiger partial charge in [0.2, 0.25) is 0 Å². The van der Waals surface area contributed by atoms with Crippen LogP contribution in [0, 0.1) is 0 Å². The lowest BCUT2D eigenvalue weighted by Gasteiger charge is -2.23. The molecule has 1 aromatic carbocycles. The van der Waals surface area contributed by atoms with E-state index in [2.05, 4.69) is 39.6 Å². The second-order valence-corrected chi connectivity index (χ2v) is 7.90. The minimum absolute atomic E-state index is 0. The molecular weight excluding hydrogens is 451 g/mol. The van der Waals surface area contributed by atoms with Gasteiger partial charge in [0.05, 0.1) is 5.75 Å². The standard InChI is InChI=1S/C17H30N4O2S.HI/c1-4-21(16-10-7-6-8-11-16)14-9-12-19-17(18-3)20-13-15-24(22,23)5-2;/h6-8,10-11H,4-5,9,12-15H2,1-3H3,(H2,18,19,20);1H. The van der Waals surface area contributed by atoms with E-state index < -0.39 is 9.84 Å². The van der Waals surface area contributed by atoms with Crippen molar-refractivity contribution in [2.75, 3.05) is 49.6 Å². The second kappa shape index (κ2) is 13.2. The molecule has 0 saturated carbocycles. The predicted octanol–water partition coefficient (Wildman–Crippen LogP) is 2.12. The summed E-state index contributed by atoms with van der Waals surface area (Å²) < 4.78 is 22.9. The number of para-hydroxylation sites is 1. The van der Waals surface area contributed by atoms with Crippen LogP contribution in [0.15, 0.2) is 35.3 Å². The molecule has 1 aromatic rings. The number of aliphatic imine (C=N–C) groups is 1. The van der Waals surface area contributed by atoms with Gasteiger partial charge in [-0.05, 0) is 25.5 Å². The van der Waals surface area contributed by atoms with Gasteiger partial charge in [-0.3, -0.25) is 4.99 Å². The van der Waals surface area contributed by atoms with Gasteiger partial charge in [0.1, 0.15) is 0 Å². The molecule has 0 amide bonds. The molecule has 25 heavy (non-hydrogen) atoms. The van der Waals surface area contributed by atoms with Gasteiger partial charge in [-0.25, -0.2) is 8.42 Å². The van der Waals surface area contributed by atoms with Crippen molar-refractivity contribution in [2.45, 2.75) is 20.3 Å².